The third-order valence-corrected chi connectivity index (χ3v) is 4.48. The maximum Gasteiger partial charge on any atom is 0.281 e. The van der Waals surface area contributed by atoms with E-state index in [1.54, 1.807) is 30.3 Å². The highest BCUT2D eigenvalue weighted by atomic mass is 32.2. The van der Waals surface area contributed by atoms with Gasteiger partial charge < -0.3 is 5.73 Å². The Kier molecular flexibility index (Phi) is 3.82. The van der Waals surface area contributed by atoms with Gasteiger partial charge in [-0.25, -0.2) is 4.98 Å². The summed E-state index contributed by atoms with van der Waals surface area (Å²) in [6, 6.07) is 12.0. The monoisotopic (exact) mass is 277 g/mol. The van der Waals surface area contributed by atoms with Crippen molar-refractivity contribution in [2.75, 3.05) is 11.4 Å². The standard InChI is InChI=1S/C13H15N3O2S/c1-16(12-5-3-2-4-6-12)19(17,18)13-8-7-11(9-14)10-15-13/h2-8,10H,9,14H2,1H3. The van der Waals surface area contributed by atoms with Gasteiger partial charge in [0.15, 0.2) is 5.03 Å². The molecular weight excluding hydrogens is 262 g/mol. The van der Waals surface area contributed by atoms with Gasteiger partial charge in [0.25, 0.3) is 10.0 Å². The number of sulfonamides is 1. The number of anilines is 1. The van der Waals surface area contributed by atoms with E-state index in [1.165, 1.54) is 23.6 Å². The average molecular weight is 277 g/mol. The molecule has 1 heterocycles. The minimum atomic E-state index is -3.64. The molecule has 0 spiro atoms. The Labute approximate surface area is 112 Å². The number of aromatic nitrogens is 1. The Morgan fingerprint density at radius 1 is 1.16 bits per heavy atom. The number of para-hydroxylation sites is 1. The van der Waals surface area contributed by atoms with Crippen molar-refractivity contribution < 1.29 is 8.42 Å². The molecule has 0 unspecified atom stereocenters. The van der Waals surface area contributed by atoms with E-state index in [0.717, 1.165) is 5.56 Å². The molecule has 2 aromatic rings. The lowest BCUT2D eigenvalue weighted by Crippen LogP contribution is -2.27. The van der Waals surface area contributed by atoms with Crippen LogP contribution in [0.2, 0.25) is 0 Å². The van der Waals surface area contributed by atoms with E-state index in [1.807, 2.05) is 6.07 Å². The molecular formula is C13H15N3O2S. The fraction of sp³-hybridized carbons (Fsp3) is 0.154. The molecule has 0 fully saturated rings. The molecule has 0 atom stereocenters. The van der Waals surface area contributed by atoms with E-state index in [2.05, 4.69) is 4.98 Å². The first-order valence-corrected chi connectivity index (χ1v) is 7.18. The number of hydrogen-bond acceptors (Lipinski definition) is 4. The van der Waals surface area contributed by atoms with Crippen molar-refractivity contribution in [3.63, 3.8) is 0 Å². The second kappa shape index (κ2) is 5.38. The van der Waals surface area contributed by atoms with E-state index in [4.69, 9.17) is 5.73 Å². The van der Waals surface area contributed by atoms with E-state index in [9.17, 15) is 8.42 Å². The van der Waals surface area contributed by atoms with Crippen LogP contribution in [0.25, 0.3) is 0 Å². The summed E-state index contributed by atoms with van der Waals surface area (Å²) in [5, 5.41) is 0.0102. The fourth-order valence-corrected chi connectivity index (χ4v) is 2.71. The van der Waals surface area contributed by atoms with Crippen LogP contribution in [0.3, 0.4) is 0 Å². The summed E-state index contributed by atoms with van der Waals surface area (Å²) < 4.78 is 25.9. The molecule has 19 heavy (non-hydrogen) atoms. The number of nitrogens with two attached hydrogens (primary N) is 1. The van der Waals surface area contributed by atoms with E-state index in [0.29, 0.717) is 12.2 Å². The number of hydrogen-bond donors (Lipinski definition) is 1. The minimum absolute atomic E-state index is 0.0102. The highest BCUT2D eigenvalue weighted by Gasteiger charge is 2.22. The molecule has 0 saturated carbocycles. The zero-order valence-electron chi connectivity index (χ0n) is 10.5. The Hall–Kier alpha value is -1.92. The topological polar surface area (TPSA) is 76.3 Å². The van der Waals surface area contributed by atoms with E-state index < -0.39 is 10.0 Å². The largest absolute Gasteiger partial charge is 0.326 e. The maximum atomic E-state index is 12.4. The number of rotatable bonds is 4. The second-order valence-electron chi connectivity index (χ2n) is 4.02. The third-order valence-electron chi connectivity index (χ3n) is 2.78. The van der Waals surface area contributed by atoms with Gasteiger partial charge in [-0.1, -0.05) is 24.3 Å². The molecule has 1 aromatic carbocycles. The number of benzene rings is 1. The minimum Gasteiger partial charge on any atom is -0.326 e. The van der Waals surface area contributed by atoms with Crippen LogP contribution >= 0.6 is 0 Å². The van der Waals surface area contributed by atoms with Crippen molar-refractivity contribution in [3.05, 3.63) is 54.2 Å². The first-order chi connectivity index (χ1) is 9.05. The summed E-state index contributed by atoms with van der Waals surface area (Å²) in [4.78, 5) is 3.96. The lowest BCUT2D eigenvalue weighted by Gasteiger charge is -2.18. The Morgan fingerprint density at radius 2 is 1.84 bits per heavy atom. The average Bonchev–Trinajstić information content (AvgIpc) is 2.47. The highest BCUT2D eigenvalue weighted by molar-refractivity contribution is 7.92. The third kappa shape index (κ3) is 2.74. The molecule has 0 radical (unpaired) electrons. The molecule has 1 aromatic heterocycles. The van der Waals surface area contributed by atoms with E-state index in [-0.39, 0.29) is 5.03 Å². The van der Waals surface area contributed by atoms with Crippen molar-refractivity contribution in [2.24, 2.45) is 5.73 Å². The zero-order valence-corrected chi connectivity index (χ0v) is 11.3. The summed E-state index contributed by atoms with van der Waals surface area (Å²) in [7, 11) is -2.13. The van der Waals surface area contributed by atoms with Gasteiger partial charge in [0.2, 0.25) is 0 Å². The van der Waals surface area contributed by atoms with Gasteiger partial charge in [-0.2, -0.15) is 8.42 Å². The smallest absolute Gasteiger partial charge is 0.281 e. The maximum absolute atomic E-state index is 12.4. The molecule has 2 N–H and O–H groups in total. The predicted molar refractivity (Wildman–Crippen MR) is 74.2 cm³/mol. The normalized spacial score (nSPS) is 11.3. The van der Waals surface area contributed by atoms with Gasteiger partial charge >= 0.3 is 0 Å². The van der Waals surface area contributed by atoms with Gasteiger partial charge in [-0.3, -0.25) is 4.31 Å². The molecule has 0 aliphatic heterocycles. The van der Waals surface area contributed by atoms with Crippen molar-refractivity contribution in [2.45, 2.75) is 11.6 Å². The Balaban J connectivity index is 2.36. The number of nitrogens with zero attached hydrogens (tertiary/aromatic N) is 2. The fourth-order valence-electron chi connectivity index (χ4n) is 1.60. The quantitative estimate of drug-likeness (QED) is 0.915. The van der Waals surface area contributed by atoms with Gasteiger partial charge in [0.1, 0.15) is 0 Å². The van der Waals surface area contributed by atoms with Crippen molar-refractivity contribution in [1.29, 1.82) is 0 Å². The summed E-state index contributed by atoms with van der Waals surface area (Å²) in [6.07, 6.45) is 1.48. The van der Waals surface area contributed by atoms with Gasteiger partial charge in [-0.15, -0.1) is 0 Å². The summed E-state index contributed by atoms with van der Waals surface area (Å²) >= 11 is 0. The Bertz CT molecular complexity index is 639. The van der Waals surface area contributed by atoms with Gasteiger partial charge in [0, 0.05) is 19.8 Å². The zero-order chi connectivity index (χ0) is 13.9. The molecule has 0 aliphatic carbocycles. The molecule has 2 rings (SSSR count). The first-order valence-electron chi connectivity index (χ1n) is 5.74. The Morgan fingerprint density at radius 3 is 2.37 bits per heavy atom. The summed E-state index contributed by atoms with van der Waals surface area (Å²) in [5.74, 6) is 0. The lowest BCUT2D eigenvalue weighted by atomic mass is 10.3. The molecule has 0 saturated heterocycles. The molecule has 0 amide bonds. The molecule has 6 heteroatoms. The molecule has 5 nitrogen and oxygen atoms in total. The van der Waals surface area contributed by atoms with Crippen molar-refractivity contribution >= 4 is 15.7 Å². The van der Waals surface area contributed by atoms with Crippen LogP contribution in [-0.2, 0) is 16.6 Å². The van der Waals surface area contributed by atoms with Crippen LogP contribution in [-0.4, -0.2) is 20.4 Å². The number of pyridine rings is 1. The van der Waals surface area contributed by atoms with Crippen LogP contribution in [0, 0.1) is 0 Å². The van der Waals surface area contributed by atoms with Crippen LogP contribution in [0.15, 0.2) is 53.7 Å². The van der Waals surface area contributed by atoms with Crippen molar-refractivity contribution in [1.82, 2.24) is 4.98 Å². The summed E-state index contributed by atoms with van der Waals surface area (Å²) in [6.45, 7) is 0.335. The molecule has 0 bridgehead atoms. The predicted octanol–water partition coefficient (Wildman–Crippen LogP) is 1.37. The lowest BCUT2D eigenvalue weighted by molar-refractivity contribution is 0.590. The highest BCUT2D eigenvalue weighted by Crippen LogP contribution is 2.20. The van der Waals surface area contributed by atoms with Crippen LogP contribution in [0.4, 0.5) is 5.69 Å². The molecule has 100 valence electrons. The van der Waals surface area contributed by atoms with Crippen LogP contribution in [0.5, 0.6) is 0 Å². The van der Waals surface area contributed by atoms with Crippen molar-refractivity contribution in [3.8, 4) is 0 Å². The first kappa shape index (κ1) is 13.5. The van der Waals surface area contributed by atoms with Crippen LogP contribution < -0.4 is 10.0 Å². The van der Waals surface area contributed by atoms with Crippen LogP contribution in [0.1, 0.15) is 5.56 Å². The molecule has 0 aliphatic rings. The van der Waals surface area contributed by atoms with E-state index >= 15 is 0 Å². The second-order valence-corrected chi connectivity index (χ2v) is 5.93. The SMILES string of the molecule is CN(c1ccccc1)S(=O)(=O)c1ccc(CN)cn1. The summed E-state index contributed by atoms with van der Waals surface area (Å²) in [5.41, 5.74) is 6.84. The van der Waals surface area contributed by atoms with Gasteiger partial charge in [0.05, 0.1) is 5.69 Å². The van der Waals surface area contributed by atoms with Gasteiger partial charge in [-0.05, 0) is 23.8 Å².